The van der Waals surface area contributed by atoms with Crippen molar-refractivity contribution in [2.75, 3.05) is 20.6 Å². The average Bonchev–Trinajstić information content (AvgIpc) is 1.85. The lowest BCUT2D eigenvalue weighted by atomic mass is 9.81. The molecule has 0 saturated carbocycles. The van der Waals surface area contributed by atoms with Crippen LogP contribution in [0.4, 0.5) is 0 Å². The highest BCUT2D eigenvalue weighted by Gasteiger charge is 2.27. The molecule has 0 radical (unpaired) electrons. The monoisotopic (exact) mass is 171 g/mol. The quantitative estimate of drug-likeness (QED) is 0.619. The van der Waals surface area contributed by atoms with Gasteiger partial charge in [-0.3, -0.25) is 0 Å². The van der Waals surface area contributed by atoms with E-state index in [0.29, 0.717) is 12.3 Å². The van der Waals surface area contributed by atoms with E-state index in [1.807, 2.05) is 39.8 Å². The van der Waals surface area contributed by atoms with Gasteiger partial charge in [0, 0.05) is 23.7 Å². The van der Waals surface area contributed by atoms with Crippen molar-refractivity contribution in [2.45, 2.75) is 26.8 Å². The minimum atomic E-state index is -0.190. The topological polar surface area (TPSA) is 53.1 Å². The minimum absolute atomic E-state index is 0.0324. The molecular formula is C9H21N3. The lowest BCUT2D eigenvalue weighted by Gasteiger charge is -2.31. The van der Waals surface area contributed by atoms with Crippen molar-refractivity contribution < 1.29 is 0 Å². The van der Waals surface area contributed by atoms with Crippen molar-refractivity contribution in [2.24, 2.45) is 11.1 Å². The Morgan fingerprint density at radius 3 is 2.17 bits per heavy atom. The lowest BCUT2D eigenvalue weighted by molar-refractivity contribution is 0.389. The fraction of sp³-hybridized carbons (Fsp3) is 0.889. The molecule has 3 N–H and O–H groups in total. The van der Waals surface area contributed by atoms with Gasteiger partial charge in [0.15, 0.2) is 0 Å². The zero-order valence-electron chi connectivity index (χ0n) is 8.81. The molecule has 0 aromatic rings. The van der Waals surface area contributed by atoms with E-state index in [4.69, 9.17) is 11.1 Å². The maximum atomic E-state index is 7.83. The van der Waals surface area contributed by atoms with Gasteiger partial charge < -0.3 is 16.0 Å². The van der Waals surface area contributed by atoms with Crippen LogP contribution in [0.15, 0.2) is 0 Å². The maximum Gasteiger partial charge on any atom is 0.0360 e. The fourth-order valence-electron chi connectivity index (χ4n) is 0.795. The predicted molar refractivity (Wildman–Crippen MR) is 53.7 cm³/mol. The standard InChI is InChI=1S/C9H21N3/c1-7(10)9(2,3)8(11)6-12(4)5/h7,11H,6,10H2,1-5H3. The van der Waals surface area contributed by atoms with E-state index in [1.54, 1.807) is 0 Å². The van der Waals surface area contributed by atoms with Crippen molar-refractivity contribution in [1.82, 2.24) is 4.90 Å². The molecule has 0 rings (SSSR count). The molecular weight excluding hydrogens is 150 g/mol. The number of hydrogen-bond donors (Lipinski definition) is 2. The van der Waals surface area contributed by atoms with Crippen molar-refractivity contribution in [3.63, 3.8) is 0 Å². The number of rotatable bonds is 4. The van der Waals surface area contributed by atoms with Crippen LogP contribution < -0.4 is 5.73 Å². The third kappa shape index (κ3) is 2.91. The van der Waals surface area contributed by atoms with E-state index >= 15 is 0 Å². The average molecular weight is 171 g/mol. The van der Waals surface area contributed by atoms with Crippen molar-refractivity contribution >= 4 is 5.71 Å². The number of nitrogens with one attached hydrogen (secondary N) is 1. The zero-order chi connectivity index (χ0) is 9.94. The van der Waals surface area contributed by atoms with Gasteiger partial charge in [-0.2, -0.15) is 0 Å². The van der Waals surface area contributed by atoms with E-state index in [-0.39, 0.29) is 11.5 Å². The summed E-state index contributed by atoms with van der Waals surface area (Å²) in [7, 11) is 3.93. The Balaban J connectivity index is 4.26. The molecule has 0 aromatic carbocycles. The van der Waals surface area contributed by atoms with Crippen molar-refractivity contribution in [3.05, 3.63) is 0 Å². The predicted octanol–water partition coefficient (Wildman–Crippen LogP) is 0.941. The van der Waals surface area contributed by atoms with Gasteiger partial charge in [-0.25, -0.2) is 0 Å². The third-order valence-electron chi connectivity index (χ3n) is 2.39. The van der Waals surface area contributed by atoms with Crippen LogP contribution in [0.5, 0.6) is 0 Å². The number of nitrogens with zero attached hydrogens (tertiary/aromatic N) is 1. The van der Waals surface area contributed by atoms with E-state index < -0.39 is 0 Å². The van der Waals surface area contributed by atoms with Gasteiger partial charge in [-0.15, -0.1) is 0 Å². The third-order valence-corrected chi connectivity index (χ3v) is 2.39. The molecule has 0 aliphatic rings. The van der Waals surface area contributed by atoms with Gasteiger partial charge in [-0.1, -0.05) is 13.8 Å². The molecule has 0 heterocycles. The van der Waals surface area contributed by atoms with Gasteiger partial charge in [-0.05, 0) is 21.0 Å². The van der Waals surface area contributed by atoms with Crippen LogP contribution in [0, 0.1) is 10.8 Å². The van der Waals surface area contributed by atoms with Gasteiger partial charge in [0.05, 0.1) is 0 Å². The highest BCUT2D eigenvalue weighted by atomic mass is 15.1. The first-order valence-corrected chi connectivity index (χ1v) is 4.26. The van der Waals surface area contributed by atoms with Gasteiger partial charge >= 0.3 is 0 Å². The fourth-order valence-corrected chi connectivity index (χ4v) is 0.795. The van der Waals surface area contributed by atoms with Crippen molar-refractivity contribution in [3.8, 4) is 0 Å². The Kier molecular flexibility index (Phi) is 3.87. The molecule has 0 aromatic heterocycles. The van der Waals surface area contributed by atoms with Crippen LogP contribution in [0.2, 0.25) is 0 Å². The second-order valence-electron chi connectivity index (χ2n) is 4.23. The largest absolute Gasteiger partial charge is 0.327 e. The van der Waals surface area contributed by atoms with Crippen LogP contribution in [0.3, 0.4) is 0 Å². The highest BCUT2D eigenvalue weighted by molar-refractivity contribution is 5.89. The van der Waals surface area contributed by atoms with E-state index in [2.05, 4.69) is 0 Å². The summed E-state index contributed by atoms with van der Waals surface area (Å²) < 4.78 is 0. The molecule has 0 fully saturated rings. The van der Waals surface area contributed by atoms with Crippen LogP contribution in [-0.2, 0) is 0 Å². The van der Waals surface area contributed by atoms with Gasteiger partial charge in [0.25, 0.3) is 0 Å². The normalized spacial score (nSPS) is 14.9. The van der Waals surface area contributed by atoms with Crippen LogP contribution in [-0.4, -0.2) is 37.3 Å². The van der Waals surface area contributed by atoms with Crippen LogP contribution in [0.1, 0.15) is 20.8 Å². The zero-order valence-corrected chi connectivity index (χ0v) is 8.81. The first-order chi connectivity index (χ1) is 5.28. The Bertz CT molecular complexity index is 159. The Morgan fingerprint density at radius 2 is 1.92 bits per heavy atom. The van der Waals surface area contributed by atoms with Crippen LogP contribution in [0.25, 0.3) is 0 Å². The molecule has 0 aliphatic carbocycles. The van der Waals surface area contributed by atoms with Crippen LogP contribution >= 0.6 is 0 Å². The summed E-state index contributed by atoms with van der Waals surface area (Å²) in [6, 6.07) is 0.0324. The molecule has 12 heavy (non-hydrogen) atoms. The molecule has 0 amide bonds. The summed E-state index contributed by atoms with van der Waals surface area (Å²) in [5, 5.41) is 7.83. The maximum absolute atomic E-state index is 7.83. The van der Waals surface area contributed by atoms with Gasteiger partial charge in [0.2, 0.25) is 0 Å². The summed E-state index contributed by atoms with van der Waals surface area (Å²) in [6.07, 6.45) is 0. The van der Waals surface area contributed by atoms with Gasteiger partial charge in [0.1, 0.15) is 0 Å². The smallest absolute Gasteiger partial charge is 0.0360 e. The summed E-state index contributed by atoms with van der Waals surface area (Å²) in [4.78, 5) is 1.99. The summed E-state index contributed by atoms with van der Waals surface area (Å²) in [5.41, 5.74) is 6.29. The molecule has 0 aliphatic heterocycles. The van der Waals surface area contributed by atoms with Crippen molar-refractivity contribution in [1.29, 1.82) is 5.41 Å². The Labute approximate surface area is 75.4 Å². The van der Waals surface area contributed by atoms with E-state index in [1.165, 1.54) is 0 Å². The molecule has 0 saturated heterocycles. The molecule has 0 spiro atoms. The lowest BCUT2D eigenvalue weighted by Crippen LogP contribution is -2.44. The molecule has 0 bridgehead atoms. The second kappa shape index (κ2) is 4.01. The van der Waals surface area contributed by atoms with E-state index in [9.17, 15) is 0 Å². The first-order valence-electron chi connectivity index (χ1n) is 4.26. The summed E-state index contributed by atoms with van der Waals surface area (Å²) >= 11 is 0. The second-order valence-corrected chi connectivity index (χ2v) is 4.23. The summed E-state index contributed by atoms with van der Waals surface area (Å²) in [6.45, 7) is 6.67. The number of hydrogen-bond acceptors (Lipinski definition) is 3. The molecule has 1 unspecified atom stereocenters. The van der Waals surface area contributed by atoms with E-state index in [0.717, 1.165) is 0 Å². The molecule has 3 heteroatoms. The highest BCUT2D eigenvalue weighted by Crippen LogP contribution is 2.20. The first kappa shape index (κ1) is 11.6. The minimum Gasteiger partial charge on any atom is -0.327 e. The molecule has 3 nitrogen and oxygen atoms in total. The molecule has 1 atom stereocenters. The Hall–Kier alpha value is -0.410. The summed E-state index contributed by atoms with van der Waals surface area (Å²) in [5.74, 6) is 0. The Morgan fingerprint density at radius 1 is 1.50 bits per heavy atom. The number of nitrogens with two attached hydrogens (primary N) is 1. The SMILES string of the molecule is CC(N)C(C)(C)C(=N)CN(C)C. The molecule has 72 valence electrons.